The van der Waals surface area contributed by atoms with Crippen molar-refractivity contribution >= 4 is 29.1 Å². The van der Waals surface area contributed by atoms with Gasteiger partial charge in [-0.05, 0) is 38.5 Å². The maximum atomic E-state index is 11.7. The molecule has 5 heteroatoms. The summed E-state index contributed by atoms with van der Waals surface area (Å²) in [7, 11) is 0. The van der Waals surface area contributed by atoms with E-state index < -0.39 is 5.54 Å². The van der Waals surface area contributed by atoms with Crippen LogP contribution in [0.4, 0.5) is 0 Å². The van der Waals surface area contributed by atoms with Gasteiger partial charge < -0.3 is 11.1 Å². The number of rotatable bonds is 4. The molecule has 0 radical (unpaired) electrons. The summed E-state index contributed by atoms with van der Waals surface area (Å²) in [6.45, 7) is 5.52. The Balaban J connectivity index is 2.68. The van der Waals surface area contributed by atoms with Gasteiger partial charge in [0.05, 0.1) is 16.1 Å². The Morgan fingerprint density at radius 1 is 1.39 bits per heavy atom. The SMILES string of the molecule is CC(NC(=O)CC(C)(C)N)c1ccc(Cl)c(Cl)c1. The first kappa shape index (κ1) is 15.3. The van der Waals surface area contributed by atoms with E-state index in [1.165, 1.54) is 0 Å². The van der Waals surface area contributed by atoms with Crippen LogP contribution in [-0.4, -0.2) is 11.4 Å². The molecular weight excluding hydrogens is 271 g/mol. The highest BCUT2D eigenvalue weighted by atomic mass is 35.5. The summed E-state index contributed by atoms with van der Waals surface area (Å²) in [4.78, 5) is 11.7. The summed E-state index contributed by atoms with van der Waals surface area (Å²) in [5, 5.41) is 3.86. The van der Waals surface area contributed by atoms with Gasteiger partial charge in [0.2, 0.25) is 5.91 Å². The number of hydrogen-bond donors (Lipinski definition) is 2. The smallest absolute Gasteiger partial charge is 0.222 e. The Morgan fingerprint density at radius 2 is 2.00 bits per heavy atom. The molecule has 0 bridgehead atoms. The minimum atomic E-state index is -0.512. The topological polar surface area (TPSA) is 55.1 Å². The molecule has 1 unspecified atom stereocenters. The maximum absolute atomic E-state index is 11.7. The second-order valence-electron chi connectivity index (χ2n) is 5.13. The number of carbonyl (C=O) groups is 1. The largest absolute Gasteiger partial charge is 0.350 e. The zero-order valence-electron chi connectivity index (χ0n) is 10.8. The molecule has 1 atom stereocenters. The molecule has 100 valence electrons. The Bertz CT molecular complexity index is 441. The lowest BCUT2D eigenvalue weighted by atomic mass is 10.0. The third kappa shape index (κ3) is 4.84. The van der Waals surface area contributed by atoms with Crippen molar-refractivity contribution < 1.29 is 4.79 Å². The Kier molecular flexibility index (Phi) is 5.02. The molecule has 0 aliphatic carbocycles. The molecule has 0 fully saturated rings. The first-order valence-corrected chi connectivity index (χ1v) is 6.48. The van der Waals surface area contributed by atoms with E-state index in [0.717, 1.165) is 5.56 Å². The highest BCUT2D eigenvalue weighted by Gasteiger charge is 2.18. The fraction of sp³-hybridized carbons (Fsp3) is 0.462. The van der Waals surface area contributed by atoms with Crippen LogP contribution < -0.4 is 11.1 Å². The summed E-state index contributed by atoms with van der Waals surface area (Å²) in [6, 6.07) is 5.18. The van der Waals surface area contributed by atoms with Crippen molar-refractivity contribution in [2.75, 3.05) is 0 Å². The predicted octanol–water partition coefficient (Wildman–Crippen LogP) is 3.30. The van der Waals surface area contributed by atoms with Crippen molar-refractivity contribution in [3.05, 3.63) is 33.8 Å². The number of benzene rings is 1. The van der Waals surface area contributed by atoms with E-state index in [4.69, 9.17) is 28.9 Å². The first-order valence-electron chi connectivity index (χ1n) is 5.72. The Hall–Kier alpha value is -0.770. The Labute approximate surface area is 118 Å². The molecule has 1 rings (SSSR count). The van der Waals surface area contributed by atoms with Crippen LogP contribution >= 0.6 is 23.2 Å². The molecule has 18 heavy (non-hydrogen) atoms. The van der Waals surface area contributed by atoms with Crippen molar-refractivity contribution in [2.45, 2.75) is 38.8 Å². The molecule has 3 nitrogen and oxygen atoms in total. The lowest BCUT2D eigenvalue weighted by Crippen LogP contribution is -2.39. The summed E-state index contributed by atoms with van der Waals surface area (Å²) in [5.41, 5.74) is 6.19. The van der Waals surface area contributed by atoms with Crippen molar-refractivity contribution in [1.82, 2.24) is 5.32 Å². The van der Waals surface area contributed by atoms with E-state index in [0.29, 0.717) is 10.0 Å². The van der Waals surface area contributed by atoms with Crippen molar-refractivity contribution in [3.63, 3.8) is 0 Å². The monoisotopic (exact) mass is 288 g/mol. The van der Waals surface area contributed by atoms with Crippen molar-refractivity contribution in [1.29, 1.82) is 0 Å². The number of halogens is 2. The number of nitrogens with one attached hydrogen (secondary N) is 1. The highest BCUT2D eigenvalue weighted by Crippen LogP contribution is 2.25. The third-order valence-corrected chi connectivity index (χ3v) is 3.18. The summed E-state index contributed by atoms with van der Waals surface area (Å²) in [5.74, 6) is -0.0823. The molecule has 1 aromatic carbocycles. The predicted molar refractivity (Wildman–Crippen MR) is 75.9 cm³/mol. The van der Waals surface area contributed by atoms with Gasteiger partial charge in [0, 0.05) is 12.0 Å². The normalized spacial score (nSPS) is 13.2. The zero-order chi connectivity index (χ0) is 13.9. The second kappa shape index (κ2) is 5.91. The molecule has 0 saturated carbocycles. The molecule has 3 N–H and O–H groups in total. The Morgan fingerprint density at radius 3 is 2.50 bits per heavy atom. The van der Waals surface area contributed by atoms with Gasteiger partial charge in [0.1, 0.15) is 0 Å². The lowest BCUT2D eigenvalue weighted by Gasteiger charge is -2.20. The first-order chi connectivity index (χ1) is 8.19. The second-order valence-corrected chi connectivity index (χ2v) is 5.94. The van der Waals surface area contributed by atoms with Crippen LogP contribution in [-0.2, 0) is 4.79 Å². The summed E-state index contributed by atoms with van der Waals surface area (Å²) < 4.78 is 0. The van der Waals surface area contributed by atoms with Crippen LogP contribution in [0.1, 0.15) is 38.8 Å². The van der Waals surface area contributed by atoms with Crippen LogP contribution in [0.25, 0.3) is 0 Å². The fourth-order valence-electron chi connectivity index (χ4n) is 1.57. The van der Waals surface area contributed by atoms with Gasteiger partial charge in [0.25, 0.3) is 0 Å². The molecule has 1 amide bonds. The summed E-state index contributed by atoms with van der Waals surface area (Å²) in [6.07, 6.45) is 0.276. The lowest BCUT2D eigenvalue weighted by molar-refractivity contribution is -0.122. The van der Waals surface area contributed by atoms with E-state index in [1.807, 2.05) is 26.8 Å². The van der Waals surface area contributed by atoms with Crippen LogP contribution in [0.5, 0.6) is 0 Å². The molecule has 0 spiro atoms. The van der Waals surface area contributed by atoms with Crippen molar-refractivity contribution in [3.8, 4) is 0 Å². The quantitative estimate of drug-likeness (QED) is 0.893. The van der Waals surface area contributed by atoms with Crippen molar-refractivity contribution in [2.24, 2.45) is 5.73 Å². The van der Waals surface area contributed by atoms with Gasteiger partial charge in [-0.2, -0.15) is 0 Å². The van der Waals surface area contributed by atoms with Crippen LogP contribution in [0, 0.1) is 0 Å². The molecule has 0 saturated heterocycles. The van der Waals surface area contributed by atoms with Gasteiger partial charge in [-0.15, -0.1) is 0 Å². The average Bonchev–Trinajstić information content (AvgIpc) is 2.18. The number of hydrogen-bond acceptors (Lipinski definition) is 2. The maximum Gasteiger partial charge on any atom is 0.222 e. The highest BCUT2D eigenvalue weighted by molar-refractivity contribution is 6.42. The molecule has 1 aromatic rings. The zero-order valence-corrected chi connectivity index (χ0v) is 12.3. The van der Waals surface area contributed by atoms with E-state index in [2.05, 4.69) is 5.32 Å². The molecule has 0 aliphatic heterocycles. The van der Waals surface area contributed by atoms with Gasteiger partial charge in [0.15, 0.2) is 0 Å². The minimum Gasteiger partial charge on any atom is -0.350 e. The summed E-state index contributed by atoms with van der Waals surface area (Å²) >= 11 is 11.8. The van der Waals surface area contributed by atoms with Gasteiger partial charge in [-0.3, -0.25) is 4.79 Å². The van der Waals surface area contributed by atoms with Crippen LogP contribution in [0.2, 0.25) is 10.0 Å². The average molecular weight is 289 g/mol. The van der Waals surface area contributed by atoms with E-state index in [9.17, 15) is 4.79 Å². The third-order valence-electron chi connectivity index (χ3n) is 2.44. The number of nitrogens with two attached hydrogens (primary N) is 1. The molecular formula is C13H18Cl2N2O. The van der Waals surface area contributed by atoms with Gasteiger partial charge in [-0.1, -0.05) is 29.3 Å². The molecule has 0 aromatic heterocycles. The van der Waals surface area contributed by atoms with E-state index in [-0.39, 0.29) is 18.4 Å². The minimum absolute atomic E-state index is 0.0823. The standard InChI is InChI=1S/C13H18Cl2N2O/c1-8(17-12(18)7-13(2,3)16)9-4-5-10(14)11(15)6-9/h4-6,8H,7,16H2,1-3H3,(H,17,18). The van der Waals surface area contributed by atoms with Gasteiger partial charge >= 0.3 is 0 Å². The van der Waals surface area contributed by atoms with E-state index >= 15 is 0 Å². The van der Waals surface area contributed by atoms with Crippen LogP contribution in [0.3, 0.4) is 0 Å². The molecule has 0 aliphatic rings. The fourth-order valence-corrected chi connectivity index (χ4v) is 1.88. The van der Waals surface area contributed by atoms with Gasteiger partial charge in [-0.25, -0.2) is 0 Å². The molecule has 0 heterocycles. The number of carbonyl (C=O) groups excluding carboxylic acids is 1. The number of amides is 1. The van der Waals surface area contributed by atoms with E-state index in [1.54, 1.807) is 12.1 Å². The van der Waals surface area contributed by atoms with Crippen LogP contribution in [0.15, 0.2) is 18.2 Å².